The highest BCUT2D eigenvalue weighted by molar-refractivity contribution is 8.00. The Morgan fingerprint density at radius 3 is 2.88 bits per heavy atom. The molecule has 25 heavy (non-hydrogen) atoms. The average Bonchev–Trinajstić information content (AvgIpc) is 3.23. The van der Waals surface area contributed by atoms with Gasteiger partial charge in [-0.1, -0.05) is 23.9 Å². The van der Waals surface area contributed by atoms with E-state index in [2.05, 4.69) is 21.1 Å². The molecule has 6 nitrogen and oxygen atoms in total. The summed E-state index contributed by atoms with van der Waals surface area (Å²) in [7, 11) is 1.82. The minimum atomic E-state index is -0.154. The zero-order valence-corrected chi connectivity index (χ0v) is 15.3. The summed E-state index contributed by atoms with van der Waals surface area (Å²) in [5.74, 6) is 0. The Labute approximate surface area is 152 Å². The second-order valence-corrected chi connectivity index (χ2v) is 7.62. The molecule has 0 unspecified atom stereocenters. The predicted molar refractivity (Wildman–Crippen MR) is 101 cm³/mol. The van der Waals surface area contributed by atoms with Gasteiger partial charge in [0.25, 0.3) is 5.56 Å². The van der Waals surface area contributed by atoms with Gasteiger partial charge in [-0.15, -0.1) is 11.3 Å². The van der Waals surface area contributed by atoms with E-state index in [1.165, 1.54) is 0 Å². The second kappa shape index (κ2) is 6.45. The number of rotatable bonds is 4. The van der Waals surface area contributed by atoms with Crippen molar-refractivity contribution in [1.29, 1.82) is 0 Å². The lowest BCUT2D eigenvalue weighted by Crippen LogP contribution is -2.23. The molecular weight excluding hydrogens is 354 g/mol. The molecule has 0 fully saturated rings. The molecular formula is C17H15N5OS2. The SMILES string of the molecule is CSc1nc2c(Cn3ccnc(-c4ccn(C)n4)c3=O)cccc2s1. The van der Waals surface area contributed by atoms with Gasteiger partial charge in [0.2, 0.25) is 0 Å². The van der Waals surface area contributed by atoms with Crippen LogP contribution in [0.1, 0.15) is 5.56 Å². The fourth-order valence-electron chi connectivity index (χ4n) is 2.67. The lowest BCUT2D eigenvalue weighted by Gasteiger charge is -2.07. The van der Waals surface area contributed by atoms with Crippen molar-refractivity contribution < 1.29 is 0 Å². The van der Waals surface area contributed by atoms with E-state index in [9.17, 15) is 4.79 Å². The molecule has 0 atom stereocenters. The van der Waals surface area contributed by atoms with Crippen molar-refractivity contribution in [2.75, 3.05) is 6.26 Å². The molecule has 0 N–H and O–H groups in total. The number of aromatic nitrogens is 5. The predicted octanol–water partition coefficient (Wildman–Crippen LogP) is 3.02. The molecule has 8 heteroatoms. The van der Waals surface area contributed by atoms with E-state index >= 15 is 0 Å². The van der Waals surface area contributed by atoms with E-state index in [-0.39, 0.29) is 5.56 Å². The molecule has 0 aliphatic carbocycles. The van der Waals surface area contributed by atoms with Crippen LogP contribution in [0.3, 0.4) is 0 Å². The van der Waals surface area contributed by atoms with Crippen LogP contribution in [0, 0.1) is 0 Å². The Bertz CT molecular complexity index is 1110. The van der Waals surface area contributed by atoms with Gasteiger partial charge in [0.1, 0.15) is 5.69 Å². The van der Waals surface area contributed by atoms with Crippen LogP contribution in [0.25, 0.3) is 21.6 Å². The number of aryl methyl sites for hydroxylation is 1. The van der Waals surface area contributed by atoms with Crippen LogP contribution in [0.4, 0.5) is 0 Å². The summed E-state index contributed by atoms with van der Waals surface area (Å²) in [6.07, 6.45) is 7.16. The van der Waals surface area contributed by atoms with Crippen LogP contribution in [0.2, 0.25) is 0 Å². The highest BCUT2D eigenvalue weighted by atomic mass is 32.2. The molecule has 0 radical (unpaired) electrons. The molecule has 0 bridgehead atoms. The third-order valence-electron chi connectivity index (χ3n) is 3.87. The van der Waals surface area contributed by atoms with Crippen molar-refractivity contribution in [1.82, 2.24) is 24.3 Å². The van der Waals surface area contributed by atoms with Crippen molar-refractivity contribution in [3.8, 4) is 11.4 Å². The molecule has 3 heterocycles. The maximum Gasteiger partial charge on any atom is 0.279 e. The fourth-order valence-corrected chi connectivity index (χ4v) is 4.20. The molecule has 126 valence electrons. The molecule has 0 saturated heterocycles. The lowest BCUT2D eigenvalue weighted by atomic mass is 10.2. The summed E-state index contributed by atoms with van der Waals surface area (Å²) in [6, 6.07) is 7.87. The molecule has 1 aromatic carbocycles. The molecule has 0 aliphatic heterocycles. The van der Waals surface area contributed by atoms with Crippen molar-refractivity contribution in [2.24, 2.45) is 7.05 Å². The molecule has 4 rings (SSSR count). The normalized spacial score (nSPS) is 11.3. The third kappa shape index (κ3) is 2.98. The van der Waals surface area contributed by atoms with Crippen molar-refractivity contribution in [3.05, 3.63) is 58.8 Å². The number of benzene rings is 1. The van der Waals surface area contributed by atoms with Gasteiger partial charge in [0.15, 0.2) is 10.0 Å². The number of thioether (sulfide) groups is 1. The van der Waals surface area contributed by atoms with Crippen LogP contribution >= 0.6 is 23.1 Å². The molecule has 0 spiro atoms. The van der Waals surface area contributed by atoms with Crippen molar-refractivity contribution in [3.63, 3.8) is 0 Å². The van der Waals surface area contributed by atoms with Crippen LogP contribution in [0.5, 0.6) is 0 Å². The lowest BCUT2D eigenvalue weighted by molar-refractivity contribution is 0.745. The number of thiazole rings is 1. The summed E-state index contributed by atoms with van der Waals surface area (Å²) in [5, 5.41) is 4.28. The third-order valence-corrected chi connectivity index (χ3v) is 5.87. The Morgan fingerprint density at radius 2 is 2.12 bits per heavy atom. The molecule has 0 amide bonds. The van der Waals surface area contributed by atoms with Crippen LogP contribution in [-0.4, -0.2) is 30.6 Å². The second-order valence-electron chi connectivity index (χ2n) is 5.53. The van der Waals surface area contributed by atoms with Crippen molar-refractivity contribution >= 4 is 33.3 Å². The van der Waals surface area contributed by atoms with E-state index in [1.807, 2.05) is 25.4 Å². The zero-order valence-electron chi connectivity index (χ0n) is 13.7. The minimum absolute atomic E-state index is 0.154. The number of fused-ring (bicyclic) bond motifs is 1. The van der Waals surface area contributed by atoms with Crippen LogP contribution < -0.4 is 5.56 Å². The summed E-state index contributed by atoms with van der Waals surface area (Å²) in [5.41, 5.74) is 2.77. The first-order valence-electron chi connectivity index (χ1n) is 7.63. The Balaban J connectivity index is 1.77. The highest BCUT2D eigenvalue weighted by Crippen LogP contribution is 2.30. The molecule has 3 aromatic heterocycles. The molecule has 0 saturated carbocycles. The maximum atomic E-state index is 12.8. The van der Waals surface area contributed by atoms with E-state index in [0.29, 0.717) is 17.9 Å². The monoisotopic (exact) mass is 369 g/mol. The maximum absolute atomic E-state index is 12.8. The quantitative estimate of drug-likeness (QED) is 0.517. The number of para-hydroxylation sites is 1. The van der Waals surface area contributed by atoms with Gasteiger partial charge in [-0.2, -0.15) is 5.10 Å². The van der Waals surface area contributed by atoms with Gasteiger partial charge >= 0.3 is 0 Å². The summed E-state index contributed by atoms with van der Waals surface area (Å²) < 4.78 is 5.48. The first kappa shape index (κ1) is 16.0. The summed E-state index contributed by atoms with van der Waals surface area (Å²) in [4.78, 5) is 21.7. The highest BCUT2D eigenvalue weighted by Gasteiger charge is 2.13. The zero-order chi connectivity index (χ0) is 17.4. The molecule has 4 aromatic rings. The Kier molecular flexibility index (Phi) is 4.14. The van der Waals surface area contributed by atoms with E-state index in [0.717, 1.165) is 20.1 Å². The fraction of sp³-hybridized carbons (Fsp3) is 0.176. The van der Waals surface area contributed by atoms with Gasteiger partial charge in [-0.25, -0.2) is 9.97 Å². The Hall–Kier alpha value is -2.45. The van der Waals surface area contributed by atoms with E-state index in [1.54, 1.807) is 57.0 Å². The van der Waals surface area contributed by atoms with Crippen molar-refractivity contribution in [2.45, 2.75) is 10.9 Å². The standard InChI is InChI=1S/C17H15N5OS2/c1-21-8-6-12(20-21)15-16(23)22(9-7-18-15)10-11-4-3-5-13-14(11)19-17(24-2)25-13/h3-9H,10H2,1-2H3. The topological polar surface area (TPSA) is 65.6 Å². The van der Waals surface area contributed by atoms with Crippen LogP contribution in [-0.2, 0) is 13.6 Å². The Morgan fingerprint density at radius 1 is 1.24 bits per heavy atom. The van der Waals surface area contributed by atoms with E-state index in [4.69, 9.17) is 0 Å². The van der Waals surface area contributed by atoms with Crippen LogP contribution in [0.15, 0.2) is 52.0 Å². The van der Waals surface area contributed by atoms with Gasteiger partial charge in [-0.3, -0.25) is 9.48 Å². The van der Waals surface area contributed by atoms with Gasteiger partial charge in [0.05, 0.1) is 16.8 Å². The van der Waals surface area contributed by atoms with Gasteiger partial charge in [0, 0.05) is 25.6 Å². The summed E-state index contributed by atoms with van der Waals surface area (Å²) in [6.45, 7) is 0.454. The first-order valence-corrected chi connectivity index (χ1v) is 9.67. The molecule has 0 aliphatic rings. The minimum Gasteiger partial charge on any atom is -0.308 e. The van der Waals surface area contributed by atoms with Gasteiger partial charge in [-0.05, 0) is 24.0 Å². The largest absolute Gasteiger partial charge is 0.308 e. The first-order chi connectivity index (χ1) is 12.2. The number of hydrogen-bond donors (Lipinski definition) is 0. The number of nitrogens with zero attached hydrogens (tertiary/aromatic N) is 5. The summed E-state index contributed by atoms with van der Waals surface area (Å²) >= 11 is 3.30. The number of hydrogen-bond acceptors (Lipinski definition) is 6. The van der Waals surface area contributed by atoms with E-state index < -0.39 is 0 Å². The smallest absolute Gasteiger partial charge is 0.279 e. The van der Waals surface area contributed by atoms with Gasteiger partial charge < -0.3 is 4.57 Å². The average molecular weight is 369 g/mol.